The van der Waals surface area contributed by atoms with E-state index < -0.39 is 0 Å². The van der Waals surface area contributed by atoms with Crippen LogP contribution in [-0.2, 0) is 6.54 Å². The van der Waals surface area contributed by atoms with Crippen molar-refractivity contribution < 1.29 is 9.50 Å². The normalized spacial score (nSPS) is 10.4. The second kappa shape index (κ2) is 7.79. The highest BCUT2D eigenvalue weighted by Crippen LogP contribution is 2.19. The van der Waals surface area contributed by atoms with Crippen LogP contribution in [0.25, 0.3) is 0 Å². The molecule has 18 heavy (non-hydrogen) atoms. The van der Waals surface area contributed by atoms with Crippen LogP contribution in [0.2, 0.25) is 0 Å². The number of aliphatic hydroxyl groups is 1. The molecule has 0 amide bonds. The Morgan fingerprint density at radius 1 is 1.61 bits per heavy atom. The Morgan fingerprint density at radius 2 is 2.39 bits per heavy atom. The topological polar surface area (TPSA) is 48.4 Å². The van der Waals surface area contributed by atoms with Crippen LogP contribution in [0.3, 0.4) is 0 Å². The highest BCUT2D eigenvalue weighted by Gasteiger charge is 2.14. The van der Waals surface area contributed by atoms with Gasteiger partial charge >= 0.3 is 0 Å². The van der Waals surface area contributed by atoms with Crippen molar-refractivity contribution in [3.05, 3.63) is 36.3 Å². The van der Waals surface area contributed by atoms with Gasteiger partial charge in [-0.25, -0.2) is 9.37 Å². The summed E-state index contributed by atoms with van der Waals surface area (Å²) in [6.45, 7) is 7.58. The molecule has 4 nitrogen and oxygen atoms in total. The number of aromatic nitrogens is 1. The Bertz CT molecular complexity index is 384. The van der Waals surface area contributed by atoms with Crippen molar-refractivity contribution in [3.63, 3.8) is 0 Å². The van der Waals surface area contributed by atoms with Crippen molar-refractivity contribution in [2.75, 3.05) is 31.1 Å². The Hall–Kier alpha value is -1.46. The standard InChI is InChI=1S/C13H20FN3O/c1-3-7-17(8-9-18)13-12(14)11(5-6-16-13)10-15-4-2/h3,5-6,15,18H,1,4,7-10H2,2H3. The van der Waals surface area contributed by atoms with Gasteiger partial charge in [-0.05, 0) is 12.6 Å². The zero-order valence-corrected chi connectivity index (χ0v) is 10.7. The fourth-order valence-corrected chi connectivity index (χ4v) is 1.65. The zero-order chi connectivity index (χ0) is 13.4. The molecule has 0 radical (unpaired) electrons. The summed E-state index contributed by atoms with van der Waals surface area (Å²) in [4.78, 5) is 5.71. The summed E-state index contributed by atoms with van der Waals surface area (Å²) in [5.41, 5.74) is 0.578. The average Bonchev–Trinajstić information content (AvgIpc) is 2.37. The Morgan fingerprint density at radius 3 is 3.00 bits per heavy atom. The molecule has 0 aliphatic rings. The van der Waals surface area contributed by atoms with Gasteiger partial charge in [0.05, 0.1) is 6.61 Å². The predicted octanol–water partition coefficient (Wildman–Crippen LogP) is 1.31. The van der Waals surface area contributed by atoms with Crippen LogP contribution in [0.15, 0.2) is 24.9 Å². The third kappa shape index (κ3) is 3.78. The Balaban J connectivity index is 2.95. The molecule has 0 aliphatic carbocycles. The molecule has 0 bridgehead atoms. The molecule has 0 unspecified atom stereocenters. The van der Waals surface area contributed by atoms with Gasteiger partial charge in [0.25, 0.3) is 0 Å². The van der Waals surface area contributed by atoms with Gasteiger partial charge in [-0.15, -0.1) is 6.58 Å². The summed E-state index contributed by atoms with van der Waals surface area (Å²) >= 11 is 0. The summed E-state index contributed by atoms with van der Waals surface area (Å²) in [6.07, 6.45) is 3.24. The van der Waals surface area contributed by atoms with E-state index in [0.29, 0.717) is 25.2 Å². The van der Waals surface area contributed by atoms with Gasteiger partial charge in [0, 0.05) is 31.4 Å². The molecular formula is C13H20FN3O. The van der Waals surface area contributed by atoms with Gasteiger partial charge in [0.15, 0.2) is 11.6 Å². The van der Waals surface area contributed by atoms with Crippen molar-refractivity contribution in [3.8, 4) is 0 Å². The van der Waals surface area contributed by atoms with E-state index in [2.05, 4.69) is 16.9 Å². The number of pyridine rings is 1. The van der Waals surface area contributed by atoms with E-state index in [1.807, 2.05) is 6.92 Å². The van der Waals surface area contributed by atoms with Gasteiger partial charge < -0.3 is 15.3 Å². The van der Waals surface area contributed by atoms with Crippen molar-refractivity contribution in [2.24, 2.45) is 0 Å². The monoisotopic (exact) mass is 253 g/mol. The van der Waals surface area contributed by atoms with Crippen LogP contribution >= 0.6 is 0 Å². The lowest BCUT2D eigenvalue weighted by Gasteiger charge is -2.22. The summed E-state index contributed by atoms with van der Waals surface area (Å²) in [7, 11) is 0. The van der Waals surface area contributed by atoms with Gasteiger partial charge in [0.1, 0.15) is 0 Å². The van der Waals surface area contributed by atoms with E-state index in [1.165, 1.54) is 0 Å². The molecule has 0 saturated heterocycles. The van der Waals surface area contributed by atoms with E-state index in [9.17, 15) is 4.39 Å². The molecule has 0 spiro atoms. The number of rotatable bonds is 8. The molecular weight excluding hydrogens is 233 g/mol. The number of hydrogen-bond donors (Lipinski definition) is 2. The largest absolute Gasteiger partial charge is 0.395 e. The molecule has 2 N–H and O–H groups in total. The first-order chi connectivity index (χ1) is 8.74. The zero-order valence-electron chi connectivity index (χ0n) is 10.7. The number of aliphatic hydroxyl groups excluding tert-OH is 1. The van der Waals surface area contributed by atoms with E-state index in [-0.39, 0.29) is 18.2 Å². The van der Waals surface area contributed by atoms with Crippen LogP contribution < -0.4 is 10.2 Å². The Labute approximate surface area is 107 Å². The van der Waals surface area contributed by atoms with E-state index in [4.69, 9.17) is 5.11 Å². The number of hydrogen-bond acceptors (Lipinski definition) is 4. The Kier molecular flexibility index (Phi) is 6.32. The maximum Gasteiger partial charge on any atom is 0.170 e. The number of nitrogens with one attached hydrogen (secondary N) is 1. The van der Waals surface area contributed by atoms with E-state index >= 15 is 0 Å². The second-order valence-electron chi connectivity index (χ2n) is 3.85. The van der Waals surface area contributed by atoms with Crippen molar-refractivity contribution >= 4 is 5.82 Å². The molecule has 0 aromatic carbocycles. The minimum absolute atomic E-state index is 0.0492. The molecule has 5 heteroatoms. The average molecular weight is 253 g/mol. The van der Waals surface area contributed by atoms with Gasteiger partial charge in [-0.1, -0.05) is 13.0 Å². The van der Waals surface area contributed by atoms with Crippen molar-refractivity contribution in [1.82, 2.24) is 10.3 Å². The van der Waals surface area contributed by atoms with Crippen molar-refractivity contribution in [1.29, 1.82) is 0 Å². The van der Waals surface area contributed by atoms with Gasteiger partial charge in [-0.2, -0.15) is 0 Å². The summed E-state index contributed by atoms with van der Waals surface area (Å²) in [5.74, 6) is -0.0758. The first-order valence-corrected chi connectivity index (χ1v) is 6.05. The maximum atomic E-state index is 14.2. The first kappa shape index (κ1) is 14.6. The SMILES string of the molecule is C=CCN(CCO)c1nccc(CNCC)c1F. The summed E-state index contributed by atoms with van der Waals surface area (Å²) in [5, 5.41) is 12.1. The molecule has 1 rings (SSSR count). The third-order valence-electron chi connectivity index (χ3n) is 2.54. The van der Waals surface area contributed by atoms with Gasteiger partial charge in [-0.3, -0.25) is 0 Å². The maximum absolute atomic E-state index is 14.2. The predicted molar refractivity (Wildman–Crippen MR) is 71.1 cm³/mol. The summed E-state index contributed by atoms with van der Waals surface area (Å²) < 4.78 is 14.2. The molecule has 100 valence electrons. The first-order valence-electron chi connectivity index (χ1n) is 6.05. The van der Waals surface area contributed by atoms with Crippen LogP contribution in [0.4, 0.5) is 10.2 Å². The molecule has 0 fully saturated rings. The van der Waals surface area contributed by atoms with E-state index in [0.717, 1.165) is 6.54 Å². The van der Waals surface area contributed by atoms with Crippen LogP contribution in [0.1, 0.15) is 12.5 Å². The molecule has 1 aromatic rings. The number of halogens is 1. The lowest BCUT2D eigenvalue weighted by Crippen LogP contribution is -2.29. The minimum Gasteiger partial charge on any atom is -0.395 e. The quantitative estimate of drug-likeness (QED) is 0.686. The number of nitrogens with zero attached hydrogens (tertiary/aromatic N) is 2. The smallest absolute Gasteiger partial charge is 0.170 e. The molecule has 0 aliphatic heterocycles. The summed E-state index contributed by atoms with van der Waals surface area (Å²) in [6, 6.07) is 1.66. The minimum atomic E-state index is -0.339. The lowest BCUT2D eigenvalue weighted by molar-refractivity contribution is 0.302. The molecule has 1 heterocycles. The molecule has 0 saturated carbocycles. The highest BCUT2D eigenvalue weighted by atomic mass is 19.1. The van der Waals surface area contributed by atoms with Gasteiger partial charge in [0.2, 0.25) is 0 Å². The highest BCUT2D eigenvalue weighted by molar-refractivity contribution is 5.43. The second-order valence-corrected chi connectivity index (χ2v) is 3.85. The number of anilines is 1. The fourth-order valence-electron chi connectivity index (χ4n) is 1.65. The lowest BCUT2D eigenvalue weighted by atomic mass is 10.2. The fraction of sp³-hybridized carbons (Fsp3) is 0.462. The van der Waals surface area contributed by atoms with Crippen LogP contribution in [0.5, 0.6) is 0 Å². The van der Waals surface area contributed by atoms with Crippen molar-refractivity contribution in [2.45, 2.75) is 13.5 Å². The van der Waals surface area contributed by atoms with Crippen LogP contribution in [0, 0.1) is 5.82 Å². The molecule has 1 aromatic heterocycles. The van der Waals surface area contributed by atoms with Crippen LogP contribution in [-0.4, -0.2) is 36.3 Å². The third-order valence-corrected chi connectivity index (χ3v) is 2.54. The van der Waals surface area contributed by atoms with E-state index in [1.54, 1.807) is 23.2 Å². The molecule has 0 atom stereocenters.